The average Bonchev–Trinajstić information content (AvgIpc) is 3.43. The number of aliphatic carboxylic acids is 1. The molecule has 0 amide bonds. The first-order valence-corrected chi connectivity index (χ1v) is 9.70. The number of carbonyl (C=O) groups is 1. The highest BCUT2D eigenvalue weighted by atomic mass is 16.4. The van der Waals surface area contributed by atoms with E-state index in [4.69, 9.17) is 5.11 Å². The van der Waals surface area contributed by atoms with E-state index in [0.717, 1.165) is 34.5 Å². The molecule has 152 valence electrons. The number of tetrazole rings is 1. The Morgan fingerprint density at radius 1 is 1.10 bits per heavy atom. The first-order chi connectivity index (χ1) is 14.6. The van der Waals surface area contributed by atoms with Crippen molar-refractivity contribution in [3.8, 4) is 22.5 Å². The number of aromatic amines is 1. The van der Waals surface area contributed by atoms with Gasteiger partial charge in [0.05, 0.1) is 13.0 Å². The summed E-state index contributed by atoms with van der Waals surface area (Å²) in [5.41, 5.74) is 4.07. The molecule has 0 bridgehead atoms. The number of hydrogen-bond donors (Lipinski definition) is 2. The van der Waals surface area contributed by atoms with Crippen LogP contribution in [0.3, 0.4) is 0 Å². The Bertz CT molecular complexity index is 1130. The molecule has 2 N–H and O–H groups in total. The molecule has 0 aliphatic carbocycles. The van der Waals surface area contributed by atoms with Crippen molar-refractivity contribution in [3.05, 3.63) is 65.7 Å². The minimum Gasteiger partial charge on any atom is -0.481 e. The van der Waals surface area contributed by atoms with Crippen LogP contribution in [-0.4, -0.2) is 46.5 Å². The third-order valence-corrected chi connectivity index (χ3v) is 4.78. The molecule has 0 aliphatic rings. The van der Waals surface area contributed by atoms with Gasteiger partial charge in [0.15, 0.2) is 5.82 Å². The molecule has 0 radical (unpaired) electrons. The zero-order valence-corrected chi connectivity index (χ0v) is 16.5. The van der Waals surface area contributed by atoms with Gasteiger partial charge in [-0.25, -0.2) is 9.67 Å². The van der Waals surface area contributed by atoms with Crippen molar-refractivity contribution >= 4 is 5.97 Å². The van der Waals surface area contributed by atoms with Crippen LogP contribution in [0.25, 0.3) is 22.5 Å². The maximum atomic E-state index is 10.8. The Balaban J connectivity index is 1.55. The van der Waals surface area contributed by atoms with Crippen molar-refractivity contribution in [1.82, 2.24) is 35.4 Å². The zero-order valence-electron chi connectivity index (χ0n) is 16.5. The molecule has 9 heteroatoms. The Morgan fingerprint density at radius 2 is 1.87 bits per heavy atom. The third kappa shape index (κ3) is 4.24. The summed E-state index contributed by atoms with van der Waals surface area (Å²) in [4.78, 5) is 15.3. The van der Waals surface area contributed by atoms with Gasteiger partial charge in [0, 0.05) is 18.4 Å². The van der Waals surface area contributed by atoms with Crippen LogP contribution in [0.5, 0.6) is 0 Å². The van der Waals surface area contributed by atoms with E-state index in [9.17, 15) is 4.79 Å². The monoisotopic (exact) mass is 403 g/mol. The first kappa shape index (κ1) is 19.4. The number of H-pyrrole nitrogens is 1. The van der Waals surface area contributed by atoms with E-state index in [0.29, 0.717) is 24.6 Å². The van der Waals surface area contributed by atoms with Gasteiger partial charge in [-0.1, -0.05) is 55.5 Å². The maximum absolute atomic E-state index is 10.8. The predicted octanol–water partition coefficient (Wildman–Crippen LogP) is 2.75. The first-order valence-electron chi connectivity index (χ1n) is 9.70. The van der Waals surface area contributed by atoms with Gasteiger partial charge in [0.2, 0.25) is 5.82 Å². The maximum Gasteiger partial charge on any atom is 0.303 e. The number of carboxylic acids is 1. The van der Waals surface area contributed by atoms with Gasteiger partial charge in [0.1, 0.15) is 5.82 Å². The molecule has 0 unspecified atom stereocenters. The SMILES string of the molecule is CCc1nc(CCC(=O)O)nn1Cc1ccc(-c2ccccc2-c2nn[nH]n2)cc1. The summed E-state index contributed by atoms with van der Waals surface area (Å²) < 4.78 is 1.85. The van der Waals surface area contributed by atoms with Gasteiger partial charge in [-0.3, -0.25) is 4.79 Å². The molecule has 4 rings (SSSR count). The van der Waals surface area contributed by atoms with Gasteiger partial charge < -0.3 is 5.11 Å². The molecule has 30 heavy (non-hydrogen) atoms. The lowest BCUT2D eigenvalue weighted by atomic mass is 9.98. The van der Waals surface area contributed by atoms with Crippen LogP contribution in [0.15, 0.2) is 48.5 Å². The van der Waals surface area contributed by atoms with E-state index in [1.165, 1.54) is 0 Å². The van der Waals surface area contributed by atoms with Gasteiger partial charge in [-0.2, -0.15) is 10.3 Å². The molecule has 0 fully saturated rings. The standard InChI is InChI=1S/C21H21N7O2/c1-2-19-22-18(11-12-20(29)30)25-28(19)13-14-7-9-15(10-8-14)16-5-3-4-6-17(16)21-23-26-27-24-21/h3-10H,2,11-13H2,1H3,(H,29,30)(H,23,24,26,27). The molecule has 2 heterocycles. The Hall–Kier alpha value is -3.88. The highest BCUT2D eigenvalue weighted by Gasteiger charge is 2.12. The van der Waals surface area contributed by atoms with Crippen LogP contribution < -0.4 is 0 Å². The Labute approximate surface area is 172 Å². The fourth-order valence-corrected chi connectivity index (χ4v) is 3.31. The molecule has 0 saturated heterocycles. The summed E-state index contributed by atoms with van der Waals surface area (Å²) in [6, 6.07) is 16.2. The molecular formula is C21H21N7O2. The smallest absolute Gasteiger partial charge is 0.303 e. The molecule has 0 spiro atoms. The van der Waals surface area contributed by atoms with Crippen molar-refractivity contribution in [2.45, 2.75) is 32.7 Å². The lowest BCUT2D eigenvalue weighted by Gasteiger charge is -2.09. The highest BCUT2D eigenvalue weighted by molar-refractivity contribution is 5.80. The number of rotatable bonds is 8. The summed E-state index contributed by atoms with van der Waals surface area (Å²) in [7, 11) is 0. The zero-order chi connectivity index (χ0) is 20.9. The van der Waals surface area contributed by atoms with Crippen molar-refractivity contribution < 1.29 is 9.90 Å². The summed E-state index contributed by atoms with van der Waals surface area (Å²) in [5.74, 6) is 1.13. The van der Waals surface area contributed by atoms with E-state index in [-0.39, 0.29) is 6.42 Å². The topological polar surface area (TPSA) is 122 Å². The molecule has 2 aromatic carbocycles. The van der Waals surface area contributed by atoms with Crippen LogP contribution >= 0.6 is 0 Å². The van der Waals surface area contributed by atoms with Crippen LogP contribution in [0, 0.1) is 0 Å². The Morgan fingerprint density at radius 3 is 2.53 bits per heavy atom. The third-order valence-electron chi connectivity index (χ3n) is 4.78. The second-order valence-corrected chi connectivity index (χ2v) is 6.83. The average molecular weight is 403 g/mol. The lowest BCUT2D eigenvalue weighted by Crippen LogP contribution is -2.06. The normalized spacial score (nSPS) is 11.0. The summed E-state index contributed by atoms with van der Waals surface area (Å²) in [5, 5.41) is 27.7. The molecular weight excluding hydrogens is 382 g/mol. The number of benzene rings is 2. The number of aromatic nitrogens is 7. The van der Waals surface area contributed by atoms with Gasteiger partial charge in [-0.15, -0.1) is 10.2 Å². The Kier molecular flexibility index (Phi) is 5.60. The predicted molar refractivity (Wildman–Crippen MR) is 110 cm³/mol. The largest absolute Gasteiger partial charge is 0.481 e. The second-order valence-electron chi connectivity index (χ2n) is 6.83. The van der Waals surface area contributed by atoms with Crippen molar-refractivity contribution in [1.29, 1.82) is 0 Å². The number of hydrogen-bond acceptors (Lipinski definition) is 6. The molecule has 2 aromatic heterocycles. The number of carboxylic acid groups (broad SMARTS) is 1. The summed E-state index contributed by atoms with van der Waals surface area (Å²) >= 11 is 0. The second kappa shape index (κ2) is 8.64. The van der Waals surface area contributed by atoms with Crippen LogP contribution in [0.4, 0.5) is 0 Å². The van der Waals surface area contributed by atoms with Crippen molar-refractivity contribution in [3.63, 3.8) is 0 Å². The number of nitrogens with zero attached hydrogens (tertiary/aromatic N) is 6. The van der Waals surface area contributed by atoms with E-state index >= 15 is 0 Å². The minimum absolute atomic E-state index is 0.0294. The van der Waals surface area contributed by atoms with Crippen LogP contribution in [-0.2, 0) is 24.2 Å². The van der Waals surface area contributed by atoms with E-state index < -0.39 is 5.97 Å². The number of aryl methyl sites for hydroxylation is 2. The molecule has 0 atom stereocenters. The fourth-order valence-electron chi connectivity index (χ4n) is 3.31. The molecule has 0 saturated carbocycles. The molecule has 0 aliphatic heterocycles. The lowest BCUT2D eigenvalue weighted by molar-refractivity contribution is -0.137. The van der Waals surface area contributed by atoms with E-state index in [2.05, 4.69) is 55.0 Å². The van der Waals surface area contributed by atoms with E-state index in [1.807, 2.05) is 35.9 Å². The van der Waals surface area contributed by atoms with Gasteiger partial charge in [-0.05, 0) is 21.9 Å². The molecule has 4 aromatic rings. The fraction of sp³-hybridized carbons (Fsp3) is 0.238. The highest BCUT2D eigenvalue weighted by Crippen LogP contribution is 2.29. The minimum atomic E-state index is -0.846. The number of nitrogens with one attached hydrogen (secondary N) is 1. The van der Waals surface area contributed by atoms with Gasteiger partial charge >= 0.3 is 5.97 Å². The summed E-state index contributed by atoms with van der Waals surface area (Å²) in [6.45, 7) is 2.59. The summed E-state index contributed by atoms with van der Waals surface area (Å²) in [6.07, 6.45) is 1.10. The molecule has 9 nitrogen and oxygen atoms in total. The van der Waals surface area contributed by atoms with Crippen molar-refractivity contribution in [2.75, 3.05) is 0 Å². The van der Waals surface area contributed by atoms with Crippen LogP contribution in [0.1, 0.15) is 30.6 Å². The van der Waals surface area contributed by atoms with Crippen LogP contribution in [0.2, 0.25) is 0 Å². The van der Waals surface area contributed by atoms with Crippen molar-refractivity contribution in [2.24, 2.45) is 0 Å². The van der Waals surface area contributed by atoms with Gasteiger partial charge in [0.25, 0.3) is 0 Å². The van der Waals surface area contributed by atoms with E-state index in [1.54, 1.807) is 0 Å². The quantitative estimate of drug-likeness (QED) is 0.464.